The minimum absolute atomic E-state index is 0.0242. The van der Waals surface area contributed by atoms with E-state index in [1.807, 2.05) is 49.4 Å². The average molecular weight is 398 g/mol. The molecule has 0 saturated carbocycles. The normalized spacial score (nSPS) is 11.8. The molecule has 0 bridgehead atoms. The Hall–Kier alpha value is -2.86. The van der Waals surface area contributed by atoms with Gasteiger partial charge in [-0.25, -0.2) is 0 Å². The van der Waals surface area contributed by atoms with Crippen LogP contribution >= 0.6 is 0 Å². The largest absolute Gasteiger partial charge is 0.497 e. The molecule has 29 heavy (non-hydrogen) atoms. The van der Waals surface area contributed by atoms with E-state index in [0.29, 0.717) is 12.1 Å². The number of nitrogens with one attached hydrogen (secondary N) is 2. The number of amides is 2. The van der Waals surface area contributed by atoms with Crippen molar-refractivity contribution < 1.29 is 14.3 Å². The molecule has 0 aliphatic rings. The lowest BCUT2D eigenvalue weighted by Crippen LogP contribution is -2.42. The Morgan fingerprint density at radius 2 is 1.76 bits per heavy atom. The number of carbonyl (C=O) groups is 2. The van der Waals surface area contributed by atoms with Gasteiger partial charge in [0.2, 0.25) is 5.91 Å². The Labute approximate surface area is 173 Å². The first kappa shape index (κ1) is 22.4. The number of likely N-dealkylation sites (N-methyl/N-ethyl adjacent to an activating group) is 1. The summed E-state index contributed by atoms with van der Waals surface area (Å²) in [4.78, 5) is 26.9. The van der Waals surface area contributed by atoms with Gasteiger partial charge in [0.1, 0.15) is 5.75 Å². The summed E-state index contributed by atoms with van der Waals surface area (Å²) in [5.74, 6) is 0.329. The van der Waals surface area contributed by atoms with Gasteiger partial charge in [0.15, 0.2) is 0 Å². The molecule has 0 spiro atoms. The van der Waals surface area contributed by atoms with Crippen LogP contribution in [0, 0.1) is 6.92 Å². The Bertz CT molecular complexity index is 819. The Kier molecular flexibility index (Phi) is 8.68. The van der Waals surface area contributed by atoms with Crippen molar-refractivity contribution in [1.29, 1.82) is 0 Å². The number of methoxy groups -OCH3 is 1. The summed E-state index contributed by atoms with van der Waals surface area (Å²) >= 11 is 0. The number of hydrogen-bond donors (Lipinski definition) is 2. The molecule has 0 aliphatic carbocycles. The second-order valence-corrected chi connectivity index (χ2v) is 6.82. The monoisotopic (exact) mass is 397 g/mol. The van der Waals surface area contributed by atoms with E-state index in [9.17, 15) is 9.59 Å². The molecule has 2 rings (SSSR count). The summed E-state index contributed by atoms with van der Waals surface area (Å²) in [5, 5.41) is 5.65. The molecule has 0 aliphatic heterocycles. The van der Waals surface area contributed by atoms with Gasteiger partial charge in [0, 0.05) is 12.1 Å². The maximum atomic E-state index is 12.4. The first-order valence-electron chi connectivity index (χ1n) is 9.98. The predicted molar refractivity (Wildman–Crippen MR) is 115 cm³/mol. The molecule has 2 aromatic rings. The van der Waals surface area contributed by atoms with Crippen molar-refractivity contribution in [3.05, 3.63) is 65.2 Å². The van der Waals surface area contributed by atoms with Crippen molar-refractivity contribution in [2.45, 2.75) is 26.8 Å². The van der Waals surface area contributed by atoms with Crippen molar-refractivity contribution in [1.82, 2.24) is 15.5 Å². The number of nitrogens with zero attached hydrogens (tertiary/aromatic N) is 1. The third-order valence-electron chi connectivity index (χ3n) is 5.02. The Morgan fingerprint density at radius 1 is 1.03 bits per heavy atom. The molecule has 1 atom stereocenters. The fourth-order valence-electron chi connectivity index (χ4n) is 3.33. The van der Waals surface area contributed by atoms with Crippen LogP contribution in [-0.2, 0) is 4.79 Å². The SMILES string of the molecule is CCN(CC)C(CNC(=O)CNC(=O)c1ccccc1C)c1cccc(OC)c1. The van der Waals surface area contributed by atoms with E-state index in [1.54, 1.807) is 13.2 Å². The van der Waals surface area contributed by atoms with Crippen molar-refractivity contribution >= 4 is 11.8 Å². The molecule has 6 nitrogen and oxygen atoms in total. The highest BCUT2D eigenvalue weighted by atomic mass is 16.5. The van der Waals surface area contributed by atoms with Crippen LogP contribution in [0.5, 0.6) is 5.75 Å². The van der Waals surface area contributed by atoms with Gasteiger partial charge in [-0.3, -0.25) is 14.5 Å². The number of ether oxygens (including phenoxy) is 1. The molecule has 0 saturated heterocycles. The van der Waals surface area contributed by atoms with Crippen LogP contribution < -0.4 is 15.4 Å². The molecule has 6 heteroatoms. The molecule has 2 aromatic carbocycles. The van der Waals surface area contributed by atoms with Crippen molar-refractivity contribution in [2.75, 3.05) is 33.3 Å². The van der Waals surface area contributed by atoms with Crippen molar-refractivity contribution in [3.8, 4) is 5.75 Å². The zero-order valence-electron chi connectivity index (χ0n) is 17.7. The summed E-state index contributed by atoms with van der Waals surface area (Å²) in [5.41, 5.74) is 2.54. The van der Waals surface area contributed by atoms with Crippen molar-refractivity contribution in [2.24, 2.45) is 0 Å². The summed E-state index contributed by atoms with van der Waals surface area (Å²) in [6.45, 7) is 8.18. The predicted octanol–water partition coefficient (Wildman–Crippen LogP) is 2.93. The van der Waals surface area contributed by atoms with E-state index in [0.717, 1.165) is 30.0 Å². The number of carbonyl (C=O) groups excluding carboxylic acids is 2. The molecule has 0 radical (unpaired) electrons. The van der Waals surface area contributed by atoms with E-state index in [-0.39, 0.29) is 24.4 Å². The van der Waals surface area contributed by atoms with E-state index in [4.69, 9.17) is 4.74 Å². The second kappa shape index (κ2) is 11.2. The highest BCUT2D eigenvalue weighted by Crippen LogP contribution is 2.23. The van der Waals surface area contributed by atoms with Crippen LogP contribution in [-0.4, -0.2) is 50.0 Å². The summed E-state index contributed by atoms with van der Waals surface area (Å²) in [6.07, 6.45) is 0. The Balaban J connectivity index is 1.98. The maximum Gasteiger partial charge on any atom is 0.251 e. The highest BCUT2D eigenvalue weighted by molar-refractivity contribution is 5.97. The van der Waals surface area contributed by atoms with Gasteiger partial charge in [-0.1, -0.05) is 44.2 Å². The van der Waals surface area contributed by atoms with E-state index < -0.39 is 0 Å². The summed E-state index contributed by atoms with van der Waals surface area (Å²) < 4.78 is 5.34. The van der Waals surface area contributed by atoms with Crippen molar-refractivity contribution in [3.63, 3.8) is 0 Å². The van der Waals surface area contributed by atoms with Gasteiger partial charge in [0.25, 0.3) is 5.91 Å². The number of hydrogen-bond acceptors (Lipinski definition) is 4. The van der Waals surface area contributed by atoms with Gasteiger partial charge < -0.3 is 15.4 Å². The fourth-order valence-corrected chi connectivity index (χ4v) is 3.33. The first-order chi connectivity index (χ1) is 14.0. The summed E-state index contributed by atoms with van der Waals surface area (Å²) in [7, 11) is 1.64. The van der Waals surface area contributed by atoms with E-state index in [1.165, 1.54) is 0 Å². The van der Waals surface area contributed by atoms with Crippen LogP contribution in [0.25, 0.3) is 0 Å². The highest BCUT2D eigenvalue weighted by Gasteiger charge is 2.19. The molecule has 0 aromatic heterocycles. The smallest absolute Gasteiger partial charge is 0.251 e. The number of aryl methyl sites for hydroxylation is 1. The number of benzene rings is 2. The third-order valence-corrected chi connectivity index (χ3v) is 5.02. The van der Waals surface area contributed by atoms with E-state index in [2.05, 4.69) is 29.4 Å². The van der Waals surface area contributed by atoms with Crippen LogP contribution in [0.1, 0.15) is 41.4 Å². The van der Waals surface area contributed by atoms with Crippen LogP contribution in [0.15, 0.2) is 48.5 Å². The quantitative estimate of drug-likeness (QED) is 0.647. The van der Waals surface area contributed by atoms with Gasteiger partial charge in [0.05, 0.1) is 19.7 Å². The van der Waals surface area contributed by atoms with Gasteiger partial charge in [-0.15, -0.1) is 0 Å². The van der Waals surface area contributed by atoms with Crippen LogP contribution in [0.3, 0.4) is 0 Å². The summed E-state index contributed by atoms with van der Waals surface area (Å²) in [6, 6.07) is 15.2. The molecule has 0 heterocycles. The lowest BCUT2D eigenvalue weighted by Gasteiger charge is -2.30. The molecule has 0 fully saturated rings. The molecular weight excluding hydrogens is 366 g/mol. The molecular formula is C23H31N3O3. The first-order valence-corrected chi connectivity index (χ1v) is 9.98. The minimum atomic E-state index is -0.244. The maximum absolute atomic E-state index is 12.4. The topological polar surface area (TPSA) is 70.7 Å². The zero-order valence-corrected chi connectivity index (χ0v) is 17.7. The molecule has 1 unspecified atom stereocenters. The van der Waals surface area contributed by atoms with Gasteiger partial charge in [-0.05, 0) is 49.3 Å². The lowest BCUT2D eigenvalue weighted by molar-refractivity contribution is -0.120. The minimum Gasteiger partial charge on any atom is -0.497 e. The van der Waals surface area contributed by atoms with Crippen LogP contribution in [0.2, 0.25) is 0 Å². The van der Waals surface area contributed by atoms with Crippen LogP contribution in [0.4, 0.5) is 0 Å². The lowest BCUT2D eigenvalue weighted by atomic mass is 10.0. The fraction of sp³-hybridized carbons (Fsp3) is 0.391. The van der Waals surface area contributed by atoms with Gasteiger partial charge in [-0.2, -0.15) is 0 Å². The average Bonchev–Trinajstić information content (AvgIpc) is 2.75. The molecule has 2 amide bonds. The zero-order chi connectivity index (χ0) is 21.2. The standard InChI is InChI=1S/C23H31N3O3/c1-5-26(6-2)21(18-11-9-12-19(14-18)29-4)15-24-22(27)16-25-23(28)20-13-8-7-10-17(20)3/h7-14,21H,5-6,15-16H2,1-4H3,(H,24,27)(H,25,28). The third kappa shape index (κ3) is 6.32. The molecule has 156 valence electrons. The second-order valence-electron chi connectivity index (χ2n) is 6.82. The Morgan fingerprint density at radius 3 is 2.41 bits per heavy atom. The van der Waals surface area contributed by atoms with Gasteiger partial charge >= 0.3 is 0 Å². The number of rotatable bonds is 10. The molecule has 2 N–H and O–H groups in total. The van der Waals surface area contributed by atoms with E-state index >= 15 is 0 Å².